The van der Waals surface area contributed by atoms with Gasteiger partial charge in [-0.15, -0.1) is 0 Å². The molecule has 0 amide bonds. The van der Waals surface area contributed by atoms with E-state index in [4.69, 9.17) is 5.73 Å². The maximum absolute atomic E-state index is 5.66. The average Bonchev–Trinajstić information content (AvgIpc) is 2.66. The van der Waals surface area contributed by atoms with E-state index in [9.17, 15) is 0 Å². The molecule has 0 aromatic heterocycles. The van der Waals surface area contributed by atoms with Gasteiger partial charge in [-0.1, -0.05) is 20.8 Å². The fourth-order valence-corrected chi connectivity index (χ4v) is 0.805. The Balaban J connectivity index is 2.24. The summed E-state index contributed by atoms with van der Waals surface area (Å²) in [4.78, 5) is 4.26. The van der Waals surface area contributed by atoms with Gasteiger partial charge in [-0.25, -0.2) is 0 Å². The number of nitrogens with two attached hydrogens (primary N) is 1. The Morgan fingerprint density at radius 3 is 2.50 bits per heavy atom. The molecule has 1 aliphatic rings. The third-order valence-corrected chi connectivity index (χ3v) is 1.65. The minimum atomic E-state index is 0.232. The van der Waals surface area contributed by atoms with Crippen LogP contribution in [0.25, 0.3) is 0 Å². The van der Waals surface area contributed by atoms with E-state index in [0.29, 0.717) is 12.0 Å². The fraction of sp³-hybridized carbons (Fsp3) is 0.889. The second kappa shape index (κ2) is 3.33. The molecule has 0 aliphatic heterocycles. The molecular formula is C9H19N3. The molecule has 12 heavy (non-hydrogen) atoms. The molecule has 0 spiro atoms. The van der Waals surface area contributed by atoms with E-state index in [1.165, 1.54) is 12.8 Å². The Bertz CT molecular complexity index is 175. The molecule has 0 radical (unpaired) electrons. The van der Waals surface area contributed by atoms with Gasteiger partial charge in [-0.05, 0) is 18.3 Å². The monoisotopic (exact) mass is 169 g/mol. The quantitative estimate of drug-likeness (QED) is 0.480. The van der Waals surface area contributed by atoms with Crippen molar-refractivity contribution in [2.45, 2.75) is 39.7 Å². The molecule has 0 saturated heterocycles. The molecule has 0 aromatic rings. The molecule has 1 fully saturated rings. The van der Waals surface area contributed by atoms with Crippen molar-refractivity contribution in [2.24, 2.45) is 16.1 Å². The molecule has 1 saturated carbocycles. The highest BCUT2D eigenvalue weighted by Crippen LogP contribution is 2.18. The van der Waals surface area contributed by atoms with Crippen molar-refractivity contribution in [3.8, 4) is 0 Å². The number of hydrogen-bond donors (Lipinski definition) is 2. The van der Waals surface area contributed by atoms with E-state index < -0.39 is 0 Å². The summed E-state index contributed by atoms with van der Waals surface area (Å²) >= 11 is 0. The number of nitrogens with one attached hydrogen (secondary N) is 1. The summed E-state index contributed by atoms with van der Waals surface area (Å²) in [5, 5.41) is 3.15. The highest BCUT2D eigenvalue weighted by atomic mass is 15.1. The summed E-state index contributed by atoms with van der Waals surface area (Å²) in [6, 6.07) is 0.605. The van der Waals surface area contributed by atoms with Crippen LogP contribution in [-0.2, 0) is 0 Å². The standard InChI is InChI=1S/C9H19N3/c1-9(2,3)6-11-8(10)12-7-4-5-7/h7H,4-6H2,1-3H3,(H3,10,11,12). The van der Waals surface area contributed by atoms with Gasteiger partial charge in [0.15, 0.2) is 5.96 Å². The van der Waals surface area contributed by atoms with Crippen molar-refractivity contribution in [1.82, 2.24) is 5.32 Å². The fourth-order valence-electron chi connectivity index (χ4n) is 0.805. The van der Waals surface area contributed by atoms with Gasteiger partial charge in [0.1, 0.15) is 0 Å². The minimum Gasteiger partial charge on any atom is -0.370 e. The molecule has 3 heteroatoms. The zero-order valence-electron chi connectivity index (χ0n) is 8.22. The first-order valence-electron chi connectivity index (χ1n) is 4.54. The summed E-state index contributed by atoms with van der Waals surface area (Å²) < 4.78 is 0. The molecule has 1 rings (SSSR count). The molecule has 0 heterocycles. The lowest BCUT2D eigenvalue weighted by atomic mass is 9.97. The van der Waals surface area contributed by atoms with Crippen molar-refractivity contribution < 1.29 is 0 Å². The number of rotatable bonds is 2. The van der Waals surface area contributed by atoms with Crippen LogP contribution in [0.5, 0.6) is 0 Å². The van der Waals surface area contributed by atoms with E-state index in [2.05, 4.69) is 31.1 Å². The van der Waals surface area contributed by atoms with E-state index in [0.717, 1.165) is 6.54 Å². The predicted octanol–water partition coefficient (Wildman–Crippen LogP) is 1.10. The number of aliphatic imine (C=N–C) groups is 1. The van der Waals surface area contributed by atoms with Crippen LogP contribution in [0.15, 0.2) is 4.99 Å². The minimum absolute atomic E-state index is 0.232. The number of nitrogens with zero attached hydrogens (tertiary/aromatic N) is 1. The maximum atomic E-state index is 5.66. The zero-order chi connectivity index (χ0) is 9.19. The third-order valence-electron chi connectivity index (χ3n) is 1.65. The van der Waals surface area contributed by atoms with Crippen molar-refractivity contribution in [1.29, 1.82) is 0 Å². The van der Waals surface area contributed by atoms with Crippen LogP contribution in [0.4, 0.5) is 0 Å². The van der Waals surface area contributed by atoms with Crippen molar-refractivity contribution in [3.63, 3.8) is 0 Å². The summed E-state index contributed by atoms with van der Waals surface area (Å²) in [6.07, 6.45) is 2.48. The highest BCUT2D eigenvalue weighted by molar-refractivity contribution is 5.78. The van der Waals surface area contributed by atoms with Gasteiger partial charge in [-0.2, -0.15) is 0 Å². The Kier molecular flexibility index (Phi) is 2.60. The second-order valence-electron chi connectivity index (χ2n) is 4.68. The Hall–Kier alpha value is -0.730. The van der Waals surface area contributed by atoms with Crippen LogP contribution in [0.1, 0.15) is 33.6 Å². The molecule has 0 bridgehead atoms. The highest BCUT2D eigenvalue weighted by Gasteiger charge is 2.21. The molecular weight excluding hydrogens is 150 g/mol. The molecule has 3 N–H and O–H groups in total. The molecule has 0 unspecified atom stereocenters. The van der Waals surface area contributed by atoms with Gasteiger partial charge in [0.2, 0.25) is 0 Å². The topological polar surface area (TPSA) is 50.4 Å². The van der Waals surface area contributed by atoms with Gasteiger partial charge >= 0.3 is 0 Å². The van der Waals surface area contributed by atoms with Gasteiger partial charge in [-0.3, -0.25) is 4.99 Å². The SMILES string of the molecule is CC(C)(C)CN=C(N)NC1CC1. The smallest absolute Gasteiger partial charge is 0.188 e. The average molecular weight is 169 g/mol. The number of guanidine groups is 1. The van der Waals surface area contributed by atoms with Gasteiger partial charge in [0.05, 0.1) is 0 Å². The first-order chi connectivity index (χ1) is 5.47. The molecule has 3 nitrogen and oxygen atoms in total. The summed E-state index contributed by atoms with van der Waals surface area (Å²) in [7, 11) is 0. The first-order valence-corrected chi connectivity index (χ1v) is 4.54. The Morgan fingerprint density at radius 1 is 1.50 bits per heavy atom. The number of hydrogen-bond acceptors (Lipinski definition) is 1. The van der Waals surface area contributed by atoms with E-state index in [1.807, 2.05) is 0 Å². The van der Waals surface area contributed by atoms with Crippen LogP contribution in [0.2, 0.25) is 0 Å². The third kappa shape index (κ3) is 4.21. The molecule has 70 valence electrons. The Labute approximate surface area is 74.4 Å². The van der Waals surface area contributed by atoms with Crippen LogP contribution in [0.3, 0.4) is 0 Å². The lowest BCUT2D eigenvalue weighted by Gasteiger charge is -2.15. The van der Waals surface area contributed by atoms with Gasteiger partial charge < -0.3 is 11.1 Å². The van der Waals surface area contributed by atoms with Crippen molar-refractivity contribution in [2.75, 3.05) is 6.54 Å². The lowest BCUT2D eigenvalue weighted by molar-refractivity contribution is 0.428. The van der Waals surface area contributed by atoms with Crippen molar-refractivity contribution >= 4 is 5.96 Å². The summed E-state index contributed by atoms with van der Waals surface area (Å²) in [5.74, 6) is 0.604. The lowest BCUT2D eigenvalue weighted by Crippen LogP contribution is -2.34. The van der Waals surface area contributed by atoms with E-state index in [1.54, 1.807) is 0 Å². The van der Waals surface area contributed by atoms with Gasteiger partial charge in [0, 0.05) is 12.6 Å². The summed E-state index contributed by atoms with van der Waals surface area (Å²) in [6.45, 7) is 7.25. The predicted molar refractivity (Wildman–Crippen MR) is 52.1 cm³/mol. The maximum Gasteiger partial charge on any atom is 0.188 e. The Morgan fingerprint density at radius 2 is 2.08 bits per heavy atom. The zero-order valence-corrected chi connectivity index (χ0v) is 8.22. The van der Waals surface area contributed by atoms with Crippen LogP contribution >= 0.6 is 0 Å². The molecule has 1 aliphatic carbocycles. The first kappa shape index (κ1) is 9.36. The molecule has 0 atom stereocenters. The second-order valence-corrected chi connectivity index (χ2v) is 4.68. The van der Waals surface area contributed by atoms with Crippen LogP contribution < -0.4 is 11.1 Å². The van der Waals surface area contributed by atoms with Crippen LogP contribution in [0, 0.1) is 5.41 Å². The largest absolute Gasteiger partial charge is 0.370 e. The molecule has 0 aromatic carbocycles. The van der Waals surface area contributed by atoms with Crippen LogP contribution in [-0.4, -0.2) is 18.5 Å². The van der Waals surface area contributed by atoms with E-state index in [-0.39, 0.29) is 5.41 Å². The normalized spacial score (nSPS) is 19.4. The van der Waals surface area contributed by atoms with Gasteiger partial charge in [0.25, 0.3) is 0 Å². The van der Waals surface area contributed by atoms with Crippen molar-refractivity contribution in [3.05, 3.63) is 0 Å². The summed E-state index contributed by atoms with van der Waals surface area (Å²) in [5.41, 5.74) is 5.89. The van der Waals surface area contributed by atoms with E-state index >= 15 is 0 Å².